The topological polar surface area (TPSA) is 79.8 Å². The molecule has 0 aliphatic carbocycles. The third-order valence-corrected chi connectivity index (χ3v) is 2.77. The Hall–Kier alpha value is -2.50. The smallest absolute Gasteiger partial charge is 0.270 e. The Kier molecular flexibility index (Phi) is 5.20. The molecule has 0 saturated carbocycles. The van der Waals surface area contributed by atoms with Gasteiger partial charge in [0.05, 0.1) is 0 Å². The van der Waals surface area contributed by atoms with Crippen molar-refractivity contribution in [2.24, 2.45) is 5.92 Å². The minimum Gasteiger partial charge on any atom is -0.370 e. The first kappa shape index (κ1) is 14.9. The Bertz CT molecular complexity index is 586. The van der Waals surface area contributed by atoms with Crippen molar-refractivity contribution in [3.05, 3.63) is 48.2 Å². The third-order valence-electron chi connectivity index (χ3n) is 2.77. The number of amides is 1. The Morgan fingerprint density at radius 2 is 2.19 bits per heavy atom. The molecule has 6 nitrogen and oxygen atoms in total. The van der Waals surface area contributed by atoms with Gasteiger partial charge in [-0.1, -0.05) is 19.9 Å². The van der Waals surface area contributed by atoms with Crippen molar-refractivity contribution in [1.29, 1.82) is 0 Å². The monoisotopic (exact) mass is 285 g/mol. The summed E-state index contributed by atoms with van der Waals surface area (Å²) in [6.07, 6.45) is 4.81. The second kappa shape index (κ2) is 7.33. The van der Waals surface area contributed by atoms with Crippen molar-refractivity contribution < 1.29 is 4.79 Å². The van der Waals surface area contributed by atoms with Crippen LogP contribution in [-0.4, -0.2) is 27.4 Å². The maximum atomic E-state index is 12.1. The molecule has 0 atom stereocenters. The van der Waals surface area contributed by atoms with Crippen molar-refractivity contribution in [3.8, 4) is 0 Å². The standard InChI is InChI=1S/C15H19N5O/c1-11(2)7-17-14-6-13(19-10-20-14)15(21)18-9-12-4-3-5-16-8-12/h3-6,8,10-11H,7,9H2,1-2H3,(H,18,21)(H,17,19,20). The van der Waals surface area contributed by atoms with Crippen molar-refractivity contribution in [2.45, 2.75) is 20.4 Å². The molecular weight excluding hydrogens is 266 g/mol. The molecule has 2 heterocycles. The molecule has 2 aromatic rings. The van der Waals surface area contributed by atoms with Gasteiger partial charge in [0, 0.05) is 31.5 Å². The summed E-state index contributed by atoms with van der Waals surface area (Å²) in [7, 11) is 0. The number of carbonyl (C=O) groups excluding carboxylic acids is 1. The lowest BCUT2D eigenvalue weighted by molar-refractivity contribution is 0.0946. The molecule has 2 rings (SSSR count). The minimum absolute atomic E-state index is 0.228. The first-order valence-electron chi connectivity index (χ1n) is 6.88. The van der Waals surface area contributed by atoms with Crippen LogP contribution in [0.25, 0.3) is 0 Å². The van der Waals surface area contributed by atoms with Gasteiger partial charge in [0.1, 0.15) is 17.8 Å². The molecule has 0 unspecified atom stereocenters. The van der Waals surface area contributed by atoms with Crippen LogP contribution in [0.4, 0.5) is 5.82 Å². The predicted molar refractivity (Wildman–Crippen MR) is 80.8 cm³/mol. The summed E-state index contributed by atoms with van der Waals surface area (Å²) in [6, 6.07) is 5.39. The highest BCUT2D eigenvalue weighted by Crippen LogP contribution is 2.05. The molecule has 0 aromatic carbocycles. The van der Waals surface area contributed by atoms with Crippen LogP contribution in [0.3, 0.4) is 0 Å². The van der Waals surface area contributed by atoms with Gasteiger partial charge in [-0.2, -0.15) is 0 Å². The Balaban J connectivity index is 1.94. The third kappa shape index (κ3) is 4.83. The van der Waals surface area contributed by atoms with Gasteiger partial charge >= 0.3 is 0 Å². The highest BCUT2D eigenvalue weighted by atomic mass is 16.1. The first-order chi connectivity index (χ1) is 10.1. The maximum absolute atomic E-state index is 12.1. The largest absolute Gasteiger partial charge is 0.370 e. The Morgan fingerprint density at radius 1 is 1.33 bits per heavy atom. The van der Waals surface area contributed by atoms with Gasteiger partial charge in [-0.05, 0) is 17.5 Å². The Morgan fingerprint density at radius 3 is 2.90 bits per heavy atom. The molecule has 0 spiro atoms. The van der Waals surface area contributed by atoms with Gasteiger partial charge in [-0.25, -0.2) is 9.97 Å². The molecule has 6 heteroatoms. The summed E-state index contributed by atoms with van der Waals surface area (Å²) in [5, 5.41) is 5.98. The lowest BCUT2D eigenvalue weighted by Crippen LogP contribution is -2.24. The average molecular weight is 285 g/mol. The molecule has 0 radical (unpaired) electrons. The van der Waals surface area contributed by atoms with Crippen molar-refractivity contribution in [2.75, 3.05) is 11.9 Å². The zero-order chi connectivity index (χ0) is 15.1. The van der Waals surface area contributed by atoms with Crippen LogP contribution in [0, 0.1) is 5.92 Å². The second-order valence-electron chi connectivity index (χ2n) is 5.11. The number of hydrogen-bond donors (Lipinski definition) is 2. The second-order valence-corrected chi connectivity index (χ2v) is 5.11. The number of hydrogen-bond acceptors (Lipinski definition) is 5. The van der Waals surface area contributed by atoms with E-state index in [0.717, 1.165) is 12.1 Å². The van der Waals surface area contributed by atoms with E-state index in [2.05, 4.69) is 39.4 Å². The fourth-order valence-electron chi connectivity index (χ4n) is 1.66. The Labute approximate surface area is 124 Å². The van der Waals surface area contributed by atoms with Crippen LogP contribution >= 0.6 is 0 Å². The zero-order valence-electron chi connectivity index (χ0n) is 12.2. The van der Waals surface area contributed by atoms with Crippen LogP contribution < -0.4 is 10.6 Å². The van der Waals surface area contributed by atoms with Crippen LogP contribution in [0.2, 0.25) is 0 Å². The van der Waals surface area contributed by atoms with Gasteiger partial charge in [0.15, 0.2) is 0 Å². The van der Waals surface area contributed by atoms with Crippen LogP contribution in [0.1, 0.15) is 29.9 Å². The summed E-state index contributed by atoms with van der Waals surface area (Å²) in [4.78, 5) is 24.2. The van der Waals surface area contributed by atoms with Gasteiger partial charge in [0.2, 0.25) is 0 Å². The fourth-order valence-corrected chi connectivity index (χ4v) is 1.66. The van der Waals surface area contributed by atoms with Crippen molar-refractivity contribution in [1.82, 2.24) is 20.3 Å². The predicted octanol–water partition coefficient (Wildman–Crippen LogP) is 1.87. The highest BCUT2D eigenvalue weighted by molar-refractivity contribution is 5.92. The molecule has 21 heavy (non-hydrogen) atoms. The van der Waals surface area contributed by atoms with Gasteiger partial charge in [-0.3, -0.25) is 9.78 Å². The van der Waals surface area contributed by atoms with Crippen LogP contribution in [-0.2, 0) is 6.54 Å². The summed E-state index contributed by atoms with van der Waals surface area (Å²) >= 11 is 0. The summed E-state index contributed by atoms with van der Waals surface area (Å²) in [6.45, 7) is 5.44. The van der Waals surface area contributed by atoms with Crippen molar-refractivity contribution >= 4 is 11.7 Å². The van der Waals surface area contributed by atoms with E-state index in [1.165, 1.54) is 6.33 Å². The minimum atomic E-state index is -0.228. The fraction of sp³-hybridized carbons (Fsp3) is 0.333. The SMILES string of the molecule is CC(C)CNc1cc(C(=O)NCc2cccnc2)ncn1. The number of nitrogens with zero attached hydrogens (tertiary/aromatic N) is 3. The summed E-state index contributed by atoms with van der Waals surface area (Å²) < 4.78 is 0. The molecule has 0 aliphatic heterocycles. The number of pyridine rings is 1. The highest BCUT2D eigenvalue weighted by Gasteiger charge is 2.08. The van der Waals surface area contributed by atoms with Crippen LogP contribution in [0.5, 0.6) is 0 Å². The summed E-state index contributed by atoms with van der Waals surface area (Å²) in [5.74, 6) is 0.932. The molecule has 1 amide bonds. The van der Waals surface area contributed by atoms with E-state index in [-0.39, 0.29) is 5.91 Å². The van der Waals surface area contributed by atoms with Gasteiger partial charge in [-0.15, -0.1) is 0 Å². The average Bonchev–Trinajstić information content (AvgIpc) is 2.52. The summed E-state index contributed by atoms with van der Waals surface area (Å²) in [5.41, 5.74) is 1.29. The van der Waals surface area contributed by atoms with Gasteiger partial charge < -0.3 is 10.6 Å². The molecule has 2 aromatic heterocycles. The number of carbonyl (C=O) groups is 1. The van der Waals surface area contributed by atoms with E-state index >= 15 is 0 Å². The lowest BCUT2D eigenvalue weighted by atomic mass is 10.2. The molecule has 0 aliphatic rings. The quantitative estimate of drug-likeness (QED) is 0.847. The zero-order valence-corrected chi connectivity index (χ0v) is 12.2. The van der Waals surface area contributed by atoms with E-state index in [0.29, 0.717) is 24.0 Å². The molecule has 0 bridgehead atoms. The van der Waals surface area contributed by atoms with Gasteiger partial charge in [0.25, 0.3) is 5.91 Å². The molecule has 110 valence electrons. The number of aromatic nitrogens is 3. The normalized spacial score (nSPS) is 10.4. The first-order valence-corrected chi connectivity index (χ1v) is 6.88. The lowest BCUT2D eigenvalue weighted by Gasteiger charge is -2.09. The number of rotatable bonds is 6. The van der Waals surface area contributed by atoms with Crippen molar-refractivity contribution in [3.63, 3.8) is 0 Å². The molecule has 0 fully saturated rings. The maximum Gasteiger partial charge on any atom is 0.270 e. The number of nitrogens with one attached hydrogen (secondary N) is 2. The van der Waals surface area contributed by atoms with E-state index in [4.69, 9.17) is 0 Å². The molecule has 0 saturated heterocycles. The van der Waals surface area contributed by atoms with Crippen LogP contribution in [0.15, 0.2) is 36.9 Å². The number of anilines is 1. The molecule has 2 N–H and O–H groups in total. The van der Waals surface area contributed by atoms with E-state index in [9.17, 15) is 4.79 Å². The van der Waals surface area contributed by atoms with E-state index in [1.807, 2.05) is 12.1 Å². The van der Waals surface area contributed by atoms with E-state index in [1.54, 1.807) is 18.5 Å². The molecular formula is C15H19N5O. The van der Waals surface area contributed by atoms with E-state index < -0.39 is 0 Å².